The normalized spacial score (nSPS) is 15.4. The van der Waals surface area contributed by atoms with Crippen LogP contribution in [0.2, 0.25) is 0 Å². The summed E-state index contributed by atoms with van der Waals surface area (Å²) in [6.45, 7) is 3.08. The van der Waals surface area contributed by atoms with Gasteiger partial charge < -0.3 is 10.1 Å². The van der Waals surface area contributed by atoms with Gasteiger partial charge in [-0.1, -0.05) is 13.0 Å². The van der Waals surface area contributed by atoms with Crippen molar-refractivity contribution in [3.63, 3.8) is 0 Å². The van der Waals surface area contributed by atoms with E-state index in [-0.39, 0.29) is 23.5 Å². The van der Waals surface area contributed by atoms with Gasteiger partial charge in [-0.05, 0) is 48.4 Å². The molecular weight excluding hydrogens is 442 g/mol. The van der Waals surface area contributed by atoms with Crippen LogP contribution < -0.4 is 10.0 Å². The van der Waals surface area contributed by atoms with E-state index in [1.54, 1.807) is 24.3 Å². The zero-order chi connectivity index (χ0) is 22.6. The number of benzene rings is 2. The second-order valence-corrected chi connectivity index (χ2v) is 10.8. The quantitative estimate of drug-likeness (QED) is 0.641. The van der Waals surface area contributed by atoms with Gasteiger partial charge in [0.15, 0.2) is 0 Å². The number of carbonyl (C=O) groups excluding carboxylic acids is 1. The van der Waals surface area contributed by atoms with E-state index in [0.29, 0.717) is 36.6 Å². The molecule has 0 spiro atoms. The van der Waals surface area contributed by atoms with Gasteiger partial charge in [-0.3, -0.25) is 9.52 Å². The summed E-state index contributed by atoms with van der Waals surface area (Å²) in [5.74, 6) is -0.468. The Morgan fingerprint density at radius 3 is 2.19 bits per heavy atom. The Morgan fingerprint density at radius 1 is 1.00 bits per heavy atom. The number of anilines is 2. The molecule has 31 heavy (non-hydrogen) atoms. The Hall–Kier alpha value is -2.47. The SMILES string of the molecule is CCc1ccc(C(=O)Nc2ccc(NS(C)(=O)=O)cc2)cc1S(=O)(=O)N1CCOCC1. The van der Waals surface area contributed by atoms with Crippen LogP contribution in [-0.2, 0) is 31.2 Å². The number of aryl methyl sites for hydroxylation is 1. The van der Waals surface area contributed by atoms with Gasteiger partial charge in [0.25, 0.3) is 5.91 Å². The van der Waals surface area contributed by atoms with Crippen molar-refractivity contribution in [2.75, 3.05) is 42.6 Å². The van der Waals surface area contributed by atoms with Crippen molar-refractivity contribution in [3.8, 4) is 0 Å². The maximum atomic E-state index is 13.1. The number of hydrogen-bond acceptors (Lipinski definition) is 6. The molecule has 1 aliphatic rings. The number of sulfonamides is 2. The van der Waals surface area contributed by atoms with Gasteiger partial charge in [0, 0.05) is 30.0 Å². The Labute approximate surface area is 182 Å². The van der Waals surface area contributed by atoms with Gasteiger partial charge in [0.2, 0.25) is 20.0 Å². The van der Waals surface area contributed by atoms with Crippen molar-refractivity contribution in [1.29, 1.82) is 0 Å². The average molecular weight is 468 g/mol. The van der Waals surface area contributed by atoms with Gasteiger partial charge >= 0.3 is 0 Å². The van der Waals surface area contributed by atoms with E-state index in [0.717, 1.165) is 6.26 Å². The lowest BCUT2D eigenvalue weighted by atomic mass is 10.1. The average Bonchev–Trinajstić information content (AvgIpc) is 2.74. The summed E-state index contributed by atoms with van der Waals surface area (Å²) in [5, 5.41) is 2.70. The minimum absolute atomic E-state index is 0.122. The number of ether oxygens (including phenoxy) is 1. The number of morpholine rings is 1. The molecule has 1 saturated heterocycles. The highest BCUT2D eigenvalue weighted by Crippen LogP contribution is 2.24. The summed E-state index contributed by atoms with van der Waals surface area (Å²) in [6, 6.07) is 10.8. The smallest absolute Gasteiger partial charge is 0.255 e. The molecule has 1 fully saturated rings. The van der Waals surface area contributed by atoms with E-state index in [1.165, 1.54) is 22.5 Å². The van der Waals surface area contributed by atoms with E-state index in [9.17, 15) is 21.6 Å². The molecule has 2 aromatic carbocycles. The van der Waals surface area contributed by atoms with Crippen molar-refractivity contribution < 1.29 is 26.4 Å². The molecule has 11 heteroatoms. The molecule has 2 N–H and O–H groups in total. The largest absolute Gasteiger partial charge is 0.379 e. The fourth-order valence-corrected chi connectivity index (χ4v) is 5.48. The molecule has 9 nitrogen and oxygen atoms in total. The predicted molar refractivity (Wildman–Crippen MR) is 118 cm³/mol. The number of amides is 1. The molecular formula is C20H25N3O6S2. The van der Waals surface area contributed by atoms with Crippen molar-refractivity contribution in [1.82, 2.24) is 4.31 Å². The molecule has 0 bridgehead atoms. The summed E-state index contributed by atoms with van der Waals surface area (Å²) < 4.78 is 57.8. The molecule has 0 atom stereocenters. The minimum atomic E-state index is -3.75. The van der Waals surface area contributed by atoms with Gasteiger partial charge in [-0.15, -0.1) is 0 Å². The fraction of sp³-hybridized carbons (Fsp3) is 0.350. The van der Waals surface area contributed by atoms with E-state index in [1.807, 2.05) is 6.92 Å². The summed E-state index contributed by atoms with van der Waals surface area (Å²) in [4.78, 5) is 12.9. The lowest BCUT2D eigenvalue weighted by Gasteiger charge is -2.27. The fourth-order valence-electron chi connectivity index (χ4n) is 3.19. The molecule has 0 unspecified atom stereocenters. The second kappa shape index (κ2) is 9.35. The van der Waals surface area contributed by atoms with E-state index in [4.69, 9.17) is 4.74 Å². The summed E-state index contributed by atoms with van der Waals surface area (Å²) in [6.07, 6.45) is 1.56. The molecule has 0 aromatic heterocycles. The van der Waals surface area contributed by atoms with Crippen LogP contribution in [0.15, 0.2) is 47.4 Å². The third-order valence-corrected chi connectivity index (χ3v) is 7.33. The molecule has 3 rings (SSSR count). The van der Waals surface area contributed by atoms with E-state index in [2.05, 4.69) is 10.0 Å². The van der Waals surface area contributed by atoms with Crippen LogP contribution in [-0.4, -0.2) is 59.6 Å². The van der Waals surface area contributed by atoms with Crippen molar-refractivity contribution in [3.05, 3.63) is 53.6 Å². The lowest BCUT2D eigenvalue weighted by Crippen LogP contribution is -2.41. The number of hydrogen-bond donors (Lipinski definition) is 2. The van der Waals surface area contributed by atoms with Crippen LogP contribution >= 0.6 is 0 Å². The van der Waals surface area contributed by atoms with E-state index >= 15 is 0 Å². The molecule has 2 aromatic rings. The number of nitrogens with zero attached hydrogens (tertiary/aromatic N) is 1. The molecule has 0 saturated carbocycles. The minimum Gasteiger partial charge on any atom is -0.379 e. The Bertz CT molecular complexity index is 1160. The maximum Gasteiger partial charge on any atom is 0.255 e. The van der Waals surface area contributed by atoms with Gasteiger partial charge in [0.05, 0.1) is 24.4 Å². The first-order chi connectivity index (χ1) is 14.6. The second-order valence-electron chi connectivity index (χ2n) is 7.10. The molecule has 1 aliphatic heterocycles. The van der Waals surface area contributed by atoms with Gasteiger partial charge in [-0.25, -0.2) is 16.8 Å². The highest BCUT2D eigenvalue weighted by Gasteiger charge is 2.29. The van der Waals surface area contributed by atoms with Crippen LogP contribution in [0, 0.1) is 0 Å². The summed E-state index contributed by atoms with van der Waals surface area (Å²) >= 11 is 0. The molecule has 0 aliphatic carbocycles. The molecule has 1 amide bonds. The molecule has 168 valence electrons. The number of carbonyl (C=O) groups is 1. The monoisotopic (exact) mass is 467 g/mol. The molecule has 1 heterocycles. The van der Waals surface area contributed by atoms with E-state index < -0.39 is 26.0 Å². The first-order valence-corrected chi connectivity index (χ1v) is 13.0. The van der Waals surface area contributed by atoms with Crippen LogP contribution in [0.1, 0.15) is 22.8 Å². The van der Waals surface area contributed by atoms with Crippen LogP contribution in [0.4, 0.5) is 11.4 Å². The first-order valence-electron chi connectivity index (χ1n) is 9.70. The van der Waals surface area contributed by atoms with Crippen LogP contribution in [0.5, 0.6) is 0 Å². The lowest BCUT2D eigenvalue weighted by molar-refractivity contribution is 0.0730. The zero-order valence-corrected chi connectivity index (χ0v) is 18.9. The standard InChI is InChI=1S/C20H25N3O6S2/c1-3-15-4-5-16(14-19(15)31(27,28)23-10-12-29-13-11-23)20(24)21-17-6-8-18(9-7-17)22-30(2,25)26/h4-9,14,22H,3,10-13H2,1-2H3,(H,21,24). The van der Waals surface area contributed by atoms with Crippen LogP contribution in [0.25, 0.3) is 0 Å². The highest BCUT2D eigenvalue weighted by atomic mass is 32.2. The number of rotatable bonds is 7. The Morgan fingerprint density at radius 2 is 1.61 bits per heavy atom. The Balaban J connectivity index is 1.83. The predicted octanol–water partition coefficient (Wildman–Crippen LogP) is 1.89. The topological polar surface area (TPSA) is 122 Å². The van der Waals surface area contributed by atoms with Gasteiger partial charge in [-0.2, -0.15) is 4.31 Å². The first kappa shape index (κ1) is 23.2. The summed E-state index contributed by atoms with van der Waals surface area (Å²) in [7, 11) is -7.15. The zero-order valence-electron chi connectivity index (χ0n) is 17.3. The maximum absolute atomic E-state index is 13.1. The van der Waals surface area contributed by atoms with Crippen molar-refractivity contribution >= 4 is 37.3 Å². The summed E-state index contributed by atoms with van der Waals surface area (Å²) in [5.41, 5.74) is 1.66. The molecule has 0 radical (unpaired) electrons. The third-order valence-electron chi connectivity index (χ3n) is 4.74. The van der Waals surface area contributed by atoms with Crippen molar-refractivity contribution in [2.45, 2.75) is 18.2 Å². The van der Waals surface area contributed by atoms with Crippen LogP contribution in [0.3, 0.4) is 0 Å². The van der Waals surface area contributed by atoms with Gasteiger partial charge in [0.1, 0.15) is 0 Å². The number of nitrogens with one attached hydrogen (secondary N) is 2. The Kier molecular flexibility index (Phi) is 6.99. The third kappa shape index (κ3) is 5.82. The highest BCUT2D eigenvalue weighted by molar-refractivity contribution is 7.92. The van der Waals surface area contributed by atoms with Crippen molar-refractivity contribution in [2.24, 2.45) is 0 Å².